The maximum atomic E-state index is 12.0. The molecule has 1 heterocycles. The molecule has 6 heteroatoms. The minimum Gasteiger partial charge on any atom is -0.494 e. The highest BCUT2D eigenvalue weighted by atomic mass is 16.5. The van der Waals surface area contributed by atoms with Crippen LogP contribution in [-0.2, 0) is 16.6 Å². The van der Waals surface area contributed by atoms with E-state index in [0.717, 1.165) is 10.9 Å². The smallest absolute Gasteiger partial charge is 0.356 e. The second-order valence-corrected chi connectivity index (χ2v) is 4.57. The van der Waals surface area contributed by atoms with E-state index in [-0.39, 0.29) is 5.91 Å². The van der Waals surface area contributed by atoms with Gasteiger partial charge in [-0.25, -0.2) is 4.79 Å². The van der Waals surface area contributed by atoms with Crippen molar-refractivity contribution in [1.29, 1.82) is 0 Å². The molecule has 0 spiro atoms. The zero-order chi connectivity index (χ0) is 15.6. The van der Waals surface area contributed by atoms with Crippen molar-refractivity contribution in [2.24, 2.45) is 7.05 Å². The molecule has 6 nitrogen and oxygen atoms in total. The molecule has 0 aliphatic carbocycles. The summed E-state index contributed by atoms with van der Waals surface area (Å²) in [6.45, 7) is 3.83. The number of amides is 1. The fourth-order valence-corrected chi connectivity index (χ4v) is 2.32. The number of benzene rings is 1. The lowest BCUT2D eigenvalue weighted by Gasteiger charge is -2.06. The molecule has 1 N–H and O–H groups in total. The summed E-state index contributed by atoms with van der Waals surface area (Å²) in [5.41, 5.74) is 1.55. The third kappa shape index (κ3) is 2.69. The van der Waals surface area contributed by atoms with Crippen LogP contribution in [0.3, 0.4) is 0 Å². The number of nitrogens with one attached hydrogen (secondary N) is 1. The van der Waals surface area contributed by atoms with E-state index < -0.39 is 5.97 Å². The first kappa shape index (κ1) is 14.9. The molecule has 0 atom stereocenters. The Kier molecular flexibility index (Phi) is 4.16. The molecule has 0 radical (unpaired) electrons. The van der Waals surface area contributed by atoms with Crippen LogP contribution >= 0.6 is 0 Å². The average molecular weight is 290 g/mol. The van der Waals surface area contributed by atoms with Gasteiger partial charge < -0.3 is 19.4 Å². The number of carbonyl (C=O) groups excluding carboxylic acids is 2. The van der Waals surface area contributed by atoms with Gasteiger partial charge in [-0.2, -0.15) is 0 Å². The summed E-state index contributed by atoms with van der Waals surface area (Å²) in [7, 11) is 3.06. The van der Waals surface area contributed by atoms with E-state index in [9.17, 15) is 9.59 Å². The summed E-state index contributed by atoms with van der Waals surface area (Å²) in [5.74, 6) is -0.0801. The Morgan fingerprint density at radius 3 is 2.62 bits per heavy atom. The number of esters is 1. The molecule has 0 aliphatic rings. The van der Waals surface area contributed by atoms with Gasteiger partial charge >= 0.3 is 5.97 Å². The molecule has 1 amide bonds. The first-order chi connectivity index (χ1) is 9.99. The van der Waals surface area contributed by atoms with Crippen molar-refractivity contribution in [2.45, 2.75) is 13.8 Å². The summed E-state index contributed by atoms with van der Waals surface area (Å²) in [6, 6.07) is 5.47. The van der Waals surface area contributed by atoms with Gasteiger partial charge in [-0.15, -0.1) is 0 Å². The maximum Gasteiger partial charge on any atom is 0.356 e. The molecule has 0 fully saturated rings. The Bertz CT molecular complexity index is 703. The maximum absolute atomic E-state index is 12.0. The summed E-state index contributed by atoms with van der Waals surface area (Å²) >= 11 is 0. The Morgan fingerprint density at radius 2 is 2.05 bits per heavy atom. The van der Waals surface area contributed by atoms with E-state index >= 15 is 0 Å². The lowest BCUT2D eigenvalue weighted by molar-refractivity contribution is -0.114. The number of carbonyl (C=O) groups is 2. The van der Waals surface area contributed by atoms with Gasteiger partial charge in [-0.05, 0) is 25.1 Å². The minimum atomic E-state index is -0.504. The average Bonchev–Trinajstić information content (AvgIpc) is 2.71. The Morgan fingerprint density at radius 1 is 1.33 bits per heavy atom. The van der Waals surface area contributed by atoms with Crippen molar-refractivity contribution in [3.8, 4) is 5.75 Å². The monoisotopic (exact) mass is 290 g/mol. The molecule has 0 saturated carbocycles. The molecule has 0 aliphatic heterocycles. The molecular weight excluding hydrogens is 272 g/mol. The highest BCUT2D eigenvalue weighted by Gasteiger charge is 2.22. The van der Waals surface area contributed by atoms with Crippen LogP contribution in [0.5, 0.6) is 5.75 Å². The largest absolute Gasteiger partial charge is 0.494 e. The lowest BCUT2D eigenvalue weighted by atomic mass is 10.2. The van der Waals surface area contributed by atoms with Crippen LogP contribution in [0.25, 0.3) is 10.9 Å². The summed E-state index contributed by atoms with van der Waals surface area (Å²) in [4.78, 5) is 23.4. The zero-order valence-corrected chi connectivity index (χ0v) is 12.5. The van der Waals surface area contributed by atoms with E-state index in [4.69, 9.17) is 9.47 Å². The predicted octanol–water partition coefficient (Wildman–Crippen LogP) is 2.32. The Labute approximate surface area is 122 Å². The highest BCUT2D eigenvalue weighted by Crippen LogP contribution is 2.33. The molecule has 0 unspecified atom stereocenters. The van der Waals surface area contributed by atoms with E-state index in [1.54, 1.807) is 17.7 Å². The first-order valence-electron chi connectivity index (χ1n) is 6.60. The number of nitrogens with zero attached hydrogens (tertiary/aromatic N) is 1. The predicted molar refractivity (Wildman–Crippen MR) is 79.7 cm³/mol. The normalized spacial score (nSPS) is 10.5. The molecule has 0 bridgehead atoms. The van der Waals surface area contributed by atoms with E-state index in [0.29, 0.717) is 23.7 Å². The Hall–Kier alpha value is -2.50. The summed E-state index contributed by atoms with van der Waals surface area (Å²) in [6.07, 6.45) is 0. The van der Waals surface area contributed by atoms with Crippen molar-refractivity contribution in [1.82, 2.24) is 4.57 Å². The number of hydrogen-bond acceptors (Lipinski definition) is 4. The number of anilines is 1. The second-order valence-electron chi connectivity index (χ2n) is 4.57. The van der Waals surface area contributed by atoms with Crippen LogP contribution in [0.1, 0.15) is 24.3 Å². The van der Waals surface area contributed by atoms with Crippen molar-refractivity contribution in [3.05, 3.63) is 23.9 Å². The molecule has 112 valence electrons. The number of fused-ring (bicyclic) bond motifs is 1. The number of hydrogen-bond donors (Lipinski definition) is 1. The van der Waals surface area contributed by atoms with E-state index in [2.05, 4.69) is 5.32 Å². The number of methoxy groups -OCH3 is 1. The topological polar surface area (TPSA) is 69.6 Å². The summed E-state index contributed by atoms with van der Waals surface area (Å²) in [5, 5.41) is 3.44. The van der Waals surface area contributed by atoms with Gasteiger partial charge in [0.1, 0.15) is 5.75 Å². The van der Waals surface area contributed by atoms with Gasteiger partial charge in [0.15, 0.2) is 5.69 Å². The van der Waals surface area contributed by atoms with Crippen LogP contribution in [0.2, 0.25) is 0 Å². The first-order valence-corrected chi connectivity index (χ1v) is 6.60. The molecule has 21 heavy (non-hydrogen) atoms. The second kappa shape index (κ2) is 5.87. The van der Waals surface area contributed by atoms with Crippen LogP contribution < -0.4 is 10.1 Å². The van der Waals surface area contributed by atoms with Crippen LogP contribution in [0.15, 0.2) is 18.2 Å². The fraction of sp³-hybridized carbons (Fsp3) is 0.333. The molecular formula is C15H18N2O4. The number of aromatic nitrogens is 1. The minimum absolute atomic E-state index is 0.255. The highest BCUT2D eigenvalue weighted by molar-refractivity contribution is 6.11. The van der Waals surface area contributed by atoms with Crippen molar-refractivity contribution in [3.63, 3.8) is 0 Å². The number of ether oxygens (including phenoxy) is 2. The van der Waals surface area contributed by atoms with Gasteiger partial charge in [0, 0.05) is 19.4 Å². The molecule has 1 aromatic heterocycles. The van der Waals surface area contributed by atoms with Gasteiger partial charge in [-0.1, -0.05) is 0 Å². The molecule has 1 aromatic carbocycles. The third-order valence-electron chi connectivity index (χ3n) is 3.16. The molecule has 0 saturated heterocycles. The fourth-order valence-electron chi connectivity index (χ4n) is 2.32. The zero-order valence-electron chi connectivity index (χ0n) is 12.5. The molecule has 2 aromatic rings. The van der Waals surface area contributed by atoms with E-state index in [1.807, 2.05) is 19.1 Å². The lowest BCUT2D eigenvalue weighted by Crippen LogP contribution is -2.13. The number of aryl methyl sites for hydroxylation is 1. The quantitative estimate of drug-likeness (QED) is 0.877. The van der Waals surface area contributed by atoms with Crippen molar-refractivity contribution in [2.75, 3.05) is 19.0 Å². The van der Waals surface area contributed by atoms with Gasteiger partial charge in [0.05, 0.1) is 24.9 Å². The number of rotatable bonds is 4. The van der Waals surface area contributed by atoms with Crippen LogP contribution in [0, 0.1) is 0 Å². The van der Waals surface area contributed by atoms with Crippen LogP contribution in [-0.4, -0.2) is 30.2 Å². The van der Waals surface area contributed by atoms with Gasteiger partial charge in [0.2, 0.25) is 5.91 Å². The molecule has 2 rings (SSSR count). The Balaban J connectivity index is 2.72. The third-order valence-corrected chi connectivity index (χ3v) is 3.16. The van der Waals surface area contributed by atoms with Gasteiger partial charge in [-0.3, -0.25) is 4.79 Å². The van der Waals surface area contributed by atoms with Crippen LogP contribution in [0.4, 0.5) is 5.69 Å². The standard InChI is InChI=1S/C15H18N2O4/c1-5-21-10-6-7-12-11(8-10)13(16-9(2)18)14(17(12)3)15(19)20-4/h6-8H,5H2,1-4H3,(H,16,18). The van der Waals surface area contributed by atoms with Crippen molar-refractivity contribution >= 4 is 28.5 Å². The van der Waals surface area contributed by atoms with E-state index in [1.165, 1.54) is 14.0 Å². The summed E-state index contributed by atoms with van der Waals surface area (Å²) < 4.78 is 12.0. The van der Waals surface area contributed by atoms with Gasteiger partial charge in [0.25, 0.3) is 0 Å². The SMILES string of the molecule is CCOc1ccc2c(c1)c(NC(C)=O)c(C(=O)OC)n2C. The van der Waals surface area contributed by atoms with Crippen molar-refractivity contribution < 1.29 is 19.1 Å².